The second kappa shape index (κ2) is 8.31. The van der Waals surface area contributed by atoms with E-state index in [9.17, 15) is 17.6 Å². The molecule has 0 radical (unpaired) electrons. The molecule has 0 saturated heterocycles. The molecule has 1 amide bonds. The summed E-state index contributed by atoms with van der Waals surface area (Å²) < 4.78 is 44.4. The van der Waals surface area contributed by atoms with Crippen LogP contribution in [0.1, 0.15) is 5.56 Å². The van der Waals surface area contributed by atoms with Gasteiger partial charge >= 0.3 is 0 Å². The molecule has 0 bridgehead atoms. The van der Waals surface area contributed by atoms with E-state index in [0.717, 1.165) is 6.07 Å². The van der Waals surface area contributed by atoms with Crippen LogP contribution in [0.15, 0.2) is 47.4 Å². The van der Waals surface area contributed by atoms with Crippen molar-refractivity contribution in [3.63, 3.8) is 0 Å². The molecule has 0 atom stereocenters. The van der Waals surface area contributed by atoms with Crippen LogP contribution in [0.2, 0.25) is 5.02 Å². The number of carbonyl (C=O) groups excluding carboxylic acids is 1. The van der Waals surface area contributed by atoms with Gasteiger partial charge in [-0.3, -0.25) is 4.79 Å². The standard InChI is InChI=1S/C17H16ClFN2O4S/c1-20-26(23,24)16-9-11(3-7-15(16)25-2)4-8-17(22)21-12-5-6-14(19)13(18)10-12/h3-10,20H,1-2H3,(H,21,22)/b8-4+. The van der Waals surface area contributed by atoms with Gasteiger partial charge in [-0.05, 0) is 49.0 Å². The maximum Gasteiger partial charge on any atom is 0.248 e. The number of amides is 1. The van der Waals surface area contributed by atoms with Crippen LogP contribution in [0.4, 0.5) is 10.1 Å². The number of hydrogen-bond acceptors (Lipinski definition) is 4. The zero-order valence-corrected chi connectivity index (χ0v) is 15.5. The van der Waals surface area contributed by atoms with Gasteiger partial charge in [-0.2, -0.15) is 0 Å². The summed E-state index contributed by atoms with van der Waals surface area (Å²) >= 11 is 5.65. The van der Waals surface area contributed by atoms with Gasteiger partial charge in [0, 0.05) is 11.8 Å². The molecule has 0 aliphatic carbocycles. The van der Waals surface area contributed by atoms with Crippen LogP contribution >= 0.6 is 11.6 Å². The Morgan fingerprint density at radius 2 is 1.96 bits per heavy atom. The molecule has 138 valence electrons. The number of ether oxygens (including phenoxy) is 1. The van der Waals surface area contributed by atoms with Gasteiger partial charge in [-0.15, -0.1) is 0 Å². The number of nitrogens with one attached hydrogen (secondary N) is 2. The fourth-order valence-corrected chi connectivity index (χ4v) is 3.15. The minimum atomic E-state index is -3.72. The molecule has 2 aromatic carbocycles. The van der Waals surface area contributed by atoms with Gasteiger partial charge in [0.15, 0.2) is 0 Å². The predicted octanol–water partition coefficient (Wildman–Crippen LogP) is 3.05. The first kappa shape index (κ1) is 19.9. The highest BCUT2D eigenvalue weighted by molar-refractivity contribution is 7.89. The summed E-state index contributed by atoms with van der Waals surface area (Å²) in [6.45, 7) is 0. The van der Waals surface area contributed by atoms with Crippen molar-refractivity contribution in [1.29, 1.82) is 0 Å². The van der Waals surface area contributed by atoms with Crippen molar-refractivity contribution in [2.75, 3.05) is 19.5 Å². The molecule has 2 aromatic rings. The smallest absolute Gasteiger partial charge is 0.248 e. The lowest BCUT2D eigenvalue weighted by Crippen LogP contribution is -2.19. The number of halogens is 2. The van der Waals surface area contributed by atoms with Gasteiger partial charge in [-0.1, -0.05) is 17.7 Å². The average Bonchev–Trinajstić information content (AvgIpc) is 2.62. The van der Waals surface area contributed by atoms with Crippen LogP contribution in [-0.2, 0) is 14.8 Å². The lowest BCUT2D eigenvalue weighted by atomic mass is 10.2. The molecule has 2 rings (SSSR count). The Kier molecular flexibility index (Phi) is 6.36. The molecule has 0 aromatic heterocycles. The first-order valence-electron chi connectivity index (χ1n) is 7.32. The highest BCUT2D eigenvalue weighted by Gasteiger charge is 2.17. The molecule has 6 nitrogen and oxygen atoms in total. The fourth-order valence-electron chi connectivity index (χ4n) is 2.05. The molecule has 0 spiro atoms. The van der Waals surface area contributed by atoms with Crippen LogP contribution in [0.5, 0.6) is 5.75 Å². The molecular formula is C17H16ClFN2O4S. The number of sulfonamides is 1. The van der Waals surface area contributed by atoms with Crippen molar-refractivity contribution >= 4 is 39.3 Å². The summed E-state index contributed by atoms with van der Waals surface area (Å²) in [5.74, 6) is -0.889. The van der Waals surface area contributed by atoms with Crippen molar-refractivity contribution < 1.29 is 22.3 Å². The van der Waals surface area contributed by atoms with E-state index < -0.39 is 21.7 Å². The van der Waals surface area contributed by atoms with Gasteiger partial charge in [0.1, 0.15) is 16.5 Å². The second-order valence-electron chi connectivity index (χ2n) is 5.07. The first-order valence-corrected chi connectivity index (χ1v) is 9.18. The van der Waals surface area contributed by atoms with Crippen molar-refractivity contribution in [1.82, 2.24) is 4.72 Å². The van der Waals surface area contributed by atoms with Crippen LogP contribution in [0.25, 0.3) is 6.08 Å². The Hall–Kier alpha value is -2.42. The molecule has 0 saturated carbocycles. The average molecular weight is 399 g/mol. The fraction of sp³-hybridized carbons (Fsp3) is 0.118. The van der Waals surface area contributed by atoms with Gasteiger partial charge in [0.25, 0.3) is 0 Å². The zero-order chi connectivity index (χ0) is 19.3. The van der Waals surface area contributed by atoms with Crippen molar-refractivity contribution in [2.24, 2.45) is 0 Å². The van der Waals surface area contributed by atoms with Crippen LogP contribution in [0.3, 0.4) is 0 Å². The molecule has 0 fully saturated rings. The van der Waals surface area contributed by atoms with Crippen LogP contribution in [-0.4, -0.2) is 28.5 Å². The lowest BCUT2D eigenvalue weighted by molar-refractivity contribution is -0.111. The molecular weight excluding hydrogens is 383 g/mol. The van der Waals surface area contributed by atoms with Gasteiger partial charge in [-0.25, -0.2) is 17.5 Å². The van der Waals surface area contributed by atoms with E-state index in [-0.39, 0.29) is 15.7 Å². The third-order valence-electron chi connectivity index (χ3n) is 3.36. The Balaban J connectivity index is 2.20. The molecule has 0 heterocycles. The number of benzene rings is 2. The predicted molar refractivity (Wildman–Crippen MR) is 98.3 cm³/mol. The monoisotopic (exact) mass is 398 g/mol. The molecule has 0 aliphatic rings. The molecule has 0 unspecified atom stereocenters. The van der Waals surface area contributed by atoms with Crippen molar-refractivity contribution in [3.8, 4) is 5.75 Å². The first-order chi connectivity index (χ1) is 12.3. The summed E-state index contributed by atoms with van der Waals surface area (Å²) in [7, 11) is -1.07. The summed E-state index contributed by atoms with van der Waals surface area (Å²) in [6.07, 6.45) is 2.66. The second-order valence-corrected chi connectivity index (χ2v) is 7.33. The minimum absolute atomic E-state index is 0.0459. The van der Waals surface area contributed by atoms with E-state index in [1.807, 2.05) is 0 Å². The number of anilines is 1. The van der Waals surface area contributed by atoms with Gasteiger partial charge in [0.2, 0.25) is 15.9 Å². The normalized spacial score (nSPS) is 11.5. The number of methoxy groups -OCH3 is 1. The maximum atomic E-state index is 13.1. The zero-order valence-electron chi connectivity index (χ0n) is 13.9. The Morgan fingerprint density at radius 3 is 2.58 bits per heavy atom. The maximum absolute atomic E-state index is 13.1. The number of hydrogen-bond donors (Lipinski definition) is 2. The summed E-state index contributed by atoms with van der Waals surface area (Å²) in [5.41, 5.74) is 0.811. The summed E-state index contributed by atoms with van der Waals surface area (Å²) in [6, 6.07) is 8.27. The van der Waals surface area contributed by atoms with Gasteiger partial charge in [0.05, 0.1) is 12.1 Å². The molecule has 2 N–H and O–H groups in total. The number of carbonyl (C=O) groups is 1. The van der Waals surface area contributed by atoms with Gasteiger partial charge < -0.3 is 10.1 Å². The Morgan fingerprint density at radius 1 is 1.23 bits per heavy atom. The Bertz CT molecular complexity index is 961. The minimum Gasteiger partial charge on any atom is -0.495 e. The van der Waals surface area contributed by atoms with E-state index in [2.05, 4.69) is 10.0 Å². The SMILES string of the molecule is CNS(=O)(=O)c1cc(/C=C/C(=O)Nc2ccc(F)c(Cl)c2)ccc1OC. The molecule has 0 aliphatic heterocycles. The third-order valence-corrected chi connectivity index (χ3v) is 5.09. The Labute approximate surface area is 155 Å². The lowest BCUT2D eigenvalue weighted by Gasteiger charge is -2.09. The largest absolute Gasteiger partial charge is 0.495 e. The van der Waals surface area contributed by atoms with Crippen LogP contribution < -0.4 is 14.8 Å². The van der Waals surface area contributed by atoms with Crippen molar-refractivity contribution in [3.05, 3.63) is 58.9 Å². The van der Waals surface area contributed by atoms with E-state index in [0.29, 0.717) is 11.3 Å². The van der Waals surface area contributed by atoms with Crippen LogP contribution in [0, 0.1) is 5.82 Å². The number of rotatable bonds is 6. The molecule has 9 heteroatoms. The third kappa shape index (κ3) is 4.81. The quantitative estimate of drug-likeness (QED) is 0.732. The summed E-state index contributed by atoms with van der Waals surface area (Å²) in [5, 5.41) is 2.42. The highest BCUT2D eigenvalue weighted by Crippen LogP contribution is 2.25. The van der Waals surface area contributed by atoms with E-state index in [1.165, 1.54) is 50.6 Å². The van der Waals surface area contributed by atoms with E-state index >= 15 is 0 Å². The van der Waals surface area contributed by atoms with E-state index in [4.69, 9.17) is 16.3 Å². The summed E-state index contributed by atoms with van der Waals surface area (Å²) in [4.78, 5) is 11.9. The molecule has 26 heavy (non-hydrogen) atoms. The van der Waals surface area contributed by atoms with E-state index in [1.54, 1.807) is 6.07 Å². The van der Waals surface area contributed by atoms with Crippen molar-refractivity contribution in [2.45, 2.75) is 4.90 Å². The highest BCUT2D eigenvalue weighted by atomic mass is 35.5. The topological polar surface area (TPSA) is 84.5 Å².